The molecule has 0 saturated carbocycles. The summed E-state index contributed by atoms with van der Waals surface area (Å²) in [6.07, 6.45) is 1.27. The summed E-state index contributed by atoms with van der Waals surface area (Å²) in [5, 5.41) is 0. The Morgan fingerprint density at radius 2 is 1.22 bits per heavy atom. The molecule has 5 heteroatoms. The van der Waals surface area contributed by atoms with Crippen molar-refractivity contribution in [3.63, 3.8) is 0 Å². The maximum atomic E-state index is 2.70. The van der Waals surface area contributed by atoms with E-state index in [2.05, 4.69) is 134 Å². The molecule has 0 aliphatic carbocycles. The number of hydrogen-bond donors (Lipinski definition) is 0. The fraction of sp³-hybridized carbons (Fsp3) is 0.355. The summed E-state index contributed by atoms with van der Waals surface area (Å²) in [6, 6.07) is 37.6. The van der Waals surface area contributed by atoms with Crippen LogP contribution in [0.5, 0.6) is 0 Å². The summed E-state index contributed by atoms with van der Waals surface area (Å²) < 4.78 is 6.17. The predicted molar refractivity (Wildman–Crippen MR) is 163 cm³/mol. The molecule has 0 aromatic heterocycles. The summed E-state index contributed by atoms with van der Waals surface area (Å²) in [5.74, 6) is 3.38. The number of allylic oxidation sites excluding steroid dienone is 1. The van der Waals surface area contributed by atoms with Crippen molar-refractivity contribution in [3.8, 4) is 0 Å². The standard InChI is InChI=1S/C13H26BN2Si.3C6H5.Sn/c1-12-10-17(4,5)11-13(12)9-14-15(2)7-6-8-16(14)3;3*1-2-4-6-5-3-1;/h9,12H,1,6-8,10-11H2,2-5H3;3*1-5H;. The van der Waals surface area contributed by atoms with Gasteiger partial charge in [-0.1, -0.05) is 0 Å². The minimum atomic E-state index is -3.30. The van der Waals surface area contributed by atoms with Gasteiger partial charge in [-0.3, -0.25) is 0 Å². The van der Waals surface area contributed by atoms with Gasteiger partial charge in [0, 0.05) is 0 Å². The molecule has 2 fully saturated rings. The average molecular weight is 599 g/mol. The summed E-state index contributed by atoms with van der Waals surface area (Å²) in [4.78, 5) is 5.12. The van der Waals surface area contributed by atoms with E-state index in [-0.39, 0.29) is 0 Å². The molecular weight excluding hydrogens is 558 g/mol. The Morgan fingerprint density at radius 1 is 0.778 bits per heavy atom. The third-order valence-electron chi connectivity index (χ3n) is 8.65. The number of benzene rings is 3. The van der Waals surface area contributed by atoms with E-state index in [0.29, 0.717) is 12.9 Å². The molecule has 0 radical (unpaired) electrons. The summed E-state index contributed by atoms with van der Waals surface area (Å²) in [7, 11) is 3.35. The van der Waals surface area contributed by atoms with Gasteiger partial charge in [0.25, 0.3) is 0 Å². The summed E-state index contributed by atoms with van der Waals surface area (Å²) in [5.41, 5.74) is 1.76. The molecule has 5 rings (SSSR count). The third-order valence-corrected chi connectivity index (χ3v) is 26.1. The van der Waals surface area contributed by atoms with Crippen molar-refractivity contribution in [2.45, 2.75) is 36.0 Å². The number of hydrogen-bond acceptors (Lipinski definition) is 2. The second-order valence-electron chi connectivity index (χ2n) is 11.9. The first-order valence-electron chi connectivity index (χ1n) is 13.7. The maximum absolute atomic E-state index is 3.30. The van der Waals surface area contributed by atoms with Gasteiger partial charge in [-0.2, -0.15) is 0 Å². The van der Waals surface area contributed by atoms with Crippen molar-refractivity contribution in [2.75, 3.05) is 27.2 Å². The van der Waals surface area contributed by atoms with Crippen LogP contribution in [-0.4, -0.2) is 70.2 Å². The van der Waals surface area contributed by atoms with Crippen LogP contribution in [0, 0.1) is 5.92 Å². The van der Waals surface area contributed by atoms with Gasteiger partial charge >= 0.3 is 225 Å². The van der Waals surface area contributed by atoms with Crippen molar-refractivity contribution in [1.29, 1.82) is 0 Å². The van der Waals surface area contributed by atoms with E-state index in [0.717, 1.165) is 0 Å². The minimum absolute atomic E-state index is 0.439. The van der Waals surface area contributed by atoms with Gasteiger partial charge in [0.2, 0.25) is 0 Å². The molecule has 0 N–H and O–H groups in total. The molecule has 0 amide bonds. The SMILES string of the molecule is CN1CCCN(C)B1C=C1C[Si](C)(C)CC1[CH2][Sn]([c]1ccccc1)([c]1ccccc1)[c]1ccccc1. The van der Waals surface area contributed by atoms with Crippen molar-refractivity contribution in [2.24, 2.45) is 5.92 Å². The Morgan fingerprint density at radius 3 is 1.67 bits per heavy atom. The van der Waals surface area contributed by atoms with Crippen molar-refractivity contribution in [3.05, 3.63) is 103 Å². The molecule has 2 saturated heterocycles. The van der Waals surface area contributed by atoms with Crippen LogP contribution >= 0.6 is 0 Å². The van der Waals surface area contributed by atoms with Gasteiger partial charge < -0.3 is 0 Å². The summed E-state index contributed by atoms with van der Waals surface area (Å²) >= 11 is -3.30. The molecular formula is C31H41BN2SiSn. The van der Waals surface area contributed by atoms with Gasteiger partial charge in [-0.25, -0.2) is 0 Å². The second-order valence-corrected chi connectivity index (χ2v) is 28.3. The normalized spacial score (nSPS) is 22.3. The Balaban J connectivity index is 1.65. The zero-order chi connectivity index (χ0) is 25.2. The quantitative estimate of drug-likeness (QED) is 0.379. The van der Waals surface area contributed by atoms with Crippen LogP contribution in [0.25, 0.3) is 0 Å². The van der Waals surface area contributed by atoms with E-state index in [1.807, 2.05) is 0 Å². The van der Waals surface area contributed by atoms with E-state index < -0.39 is 26.5 Å². The van der Waals surface area contributed by atoms with Crippen LogP contribution in [0.15, 0.2) is 103 Å². The molecule has 0 bridgehead atoms. The van der Waals surface area contributed by atoms with Crippen LogP contribution in [0.1, 0.15) is 6.42 Å². The average Bonchev–Trinajstić information content (AvgIpc) is 3.19. The fourth-order valence-corrected chi connectivity index (χ4v) is 25.9. The molecule has 3 aromatic carbocycles. The van der Waals surface area contributed by atoms with Gasteiger partial charge in [0.15, 0.2) is 0 Å². The zero-order valence-electron chi connectivity index (χ0n) is 22.5. The van der Waals surface area contributed by atoms with E-state index in [4.69, 9.17) is 0 Å². The molecule has 2 nitrogen and oxygen atoms in total. The van der Waals surface area contributed by atoms with Crippen LogP contribution < -0.4 is 10.7 Å². The molecule has 2 heterocycles. The zero-order valence-corrected chi connectivity index (χ0v) is 26.4. The molecule has 0 spiro atoms. The van der Waals surface area contributed by atoms with E-state index >= 15 is 0 Å². The van der Waals surface area contributed by atoms with E-state index in [9.17, 15) is 0 Å². The molecule has 2 aliphatic heterocycles. The number of rotatable bonds is 6. The van der Waals surface area contributed by atoms with Gasteiger partial charge in [-0.05, 0) is 0 Å². The molecule has 3 aromatic rings. The van der Waals surface area contributed by atoms with Crippen LogP contribution in [-0.2, 0) is 0 Å². The van der Waals surface area contributed by atoms with Gasteiger partial charge in [0.05, 0.1) is 0 Å². The van der Waals surface area contributed by atoms with Crippen molar-refractivity contribution in [1.82, 2.24) is 9.62 Å². The van der Waals surface area contributed by atoms with Crippen LogP contribution in [0.2, 0.25) is 29.6 Å². The summed E-state index contributed by atoms with van der Waals surface area (Å²) in [6.45, 7) is 8.09. The third kappa shape index (κ3) is 5.33. The fourth-order valence-electron chi connectivity index (χ4n) is 6.97. The van der Waals surface area contributed by atoms with E-state index in [1.54, 1.807) is 16.3 Å². The van der Waals surface area contributed by atoms with Crippen LogP contribution in [0.4, 0.5) is 0 Å². The topological polar surface area (TPSA) is 6.48 Å². The van der Waals surface area contributed by atoms with Crippen molar-refractivity contribution < 1.29 is 0 Å². The second kappa shape index (κ2) is 11.0. The Bertz CT molecular complexity index is 1060. The molecule has 2 aliphatic rings. The molecule has 186 valence electrons. The molecule has 1 atom stereocenters. The van der Waals surface area contributed by atoms with Crippen molar-refractivity contribution >= 4 is 44.2 Å². The first-order chi connectivity index (χ1) is 17.4. The molecule has 1 unspecified atom stereocenters. The van der Waals surface area contributed by atoms with E-state index in [1.165, 1.54) is 36.0 Å². The molecule has 36 heavy (non-hydrogen) atoms. The van der Waals surface area contributed by atoms with Gasteiger partial charge in [0.1, 0.15) is 0 Å². The Labute approximate surface area is 224 Å². The Hall–Kier alpha value is -1.60. The monoisotopic (exact) mass is 600 g/mol. The predicted octanol–water partition coefficient (Wildman–Crippen LogP) is 4.72. The van der Waals surface area contributed by atoms with Crippen LogP contribution in [0.3, 0.4) is 0 Å². The first-order valence-corrected chi connectivity index (χ1v) is 23.4. The van der Waals surface area contributed by atoms with Gasteiger partial charge in [-0.15, -0.1) is 0 Å². The Kier molecular flexibility index (Phi) is 7.97. The number of nitrogens with zero attached hydrogens (tertiary/aromatic N) is 2. The first kappa shape index (κ1) is 26.0.